The van der Waals surface area contributed by atoms with E-state index in [0.717, 1.165) is 37.3 Å². The predicted molar refractivity (Wildman–Crippen MR) is 64.7 cm³/mol. The Morgan fingerprint density at radius 2 is 1.46 bits per heavy atom. The van der Waals surface area contributed by atoms with Gasteiger partial charge in [-0.1, -0.05) is 29.5 Å². The van der Waals surface area contributed by atoms with Gasteiger partial charge in [-0.15, -0.1) is 0 Å². The Hall–Kier alpha value is 0.650. The van der Waals surface area contributed by atoms with Crippen LogP contribution >= 0.6 is 22.6 Å². The fourth-order valence-corrected chi connectivity index (χ4v) is 1.30. The lowest BCUT2D eigenvalue weighted by Gasteiger charge is -2.03. The highest BCUT2D eigenvalue weighted by Crippen LogP contribution is 1.97. The molecular formula is C10H21IO2. The number of hydrogen-bond acceptors (Lipinski definition) is 2. The normalized spacial score (nSPS) is 10.6. The van der Waals surface area contributed by atoms with Crippen molar-refractivity contribution in [3.05, 3.63) is 0 Å². The van der Waals surface area contributed by atoms with Crippen molar-refractivity contribution in [3.63, 3.8) is 0 Å². The van der Waals surface area contributed by atoms with Gasteiger partial charge in [-0.05, 0) is 25.7 Å². The topological polar surface area (TPSA) is 18.5 Å². The molecule has 0 atom stereocenters. The van der Waals surface area contributed by atoms with Gasteiger partial charge in [-0.25, -0.2) is 0 Å². The number of halogens is 1. The summed E-state index contributed by atoms with van der Waals surface area (Å²) in [5, 5.41) is 0. The van der Waals surface area contributed by atoms with Gasteiger partial charge >= 0.3 is 0 Å². The van der Waals surface area contributed by atoms with Gasteiger partial charge in [0.2, 0.25) is 0 Å². The summed E-state index contributed by atoms with van der Waals surface area (Å²) in [4.78, 5) is 0. The molecule has 0 unspecified atom stereocenters. The first-order chi connectivity index (χ1) is 6.41. The maximum Gasteiger partial charge on any atom is 0.0555 e. The van der Waals surface area contributed by atoms with Crippen LogP contribution < -0.4 is 0 Å². The maximum absolute atomic E-state index is 5.37. The van der Waals surface area contributed by atoms with E-state index in [0.29, 0.717) is 0 Å². The first-order valence-corrected chi connectivity index (χ1v) is 6.65. The summed E-state index contributed by atoms with van der Waals surface area (Å²) in [6.45, 7) is 5.77. The van der Waals surface area contributed by atoms with Crippen molar-refractivity contribution >= 4 is 22.6 Å². The zero-order valence-electron chi connectivity index (χ0n) is 8.56. The van der Waals surface area contributed by atoms with Crippen molar-refractivity contribution in [2.45, 2.75) is 32.6 Å². The number of hydrogen-bond donors (Lipinski definition) is 0. The van der Waals surface area contributed by atoms with Crippen LogP contribution in [0, 0.1) is 0 Å². The van der Waals surface area contributed by atoms with E-state index in [1.54, 1.807) is 0 Å². The molecule has 0 heterocycles. The molecule has 0 rings (SSSR count). The first kappa shape index (κ1) is 13.7. The van der Waals surface area contributed by atoms with Crippen LogP contribution in [0.4, 0.5) is 0 Å². The van der Waals surface area contributed by atoms with Crippen LogP contribution in [0.5, 0.6) is 0 Å². The Morgan fingerprint density at radius 1 is 0.846 bits per heavy atom. The molecule has 3 heteroatoms. The van der Waals surface area contributed by atoms with E-state index in [9.17, 15) is 0 Å². The van der Waals surface area contributed by atoms with Crippen molar-refractivity contribution in [1.82, 2.24) is 0 Å². The SMILES string of the molecule is CCCOCCCCCOCCI. The van der Waals surface area contributed by atoms with Crippen LogP contribution in [0.2, 0.25) is 0 Å². The lowest BCUT2D eigenvalue weighted by molar-refractivity contribution is 0.121. The molecule has 0 amide bonds. The summed E-state index contributed by atoms with van der Waals surface area (Å²) in [6.07, 6.45) is 4.70. The maximum atomic E-state index is 5.37. The van der Waals surface area contributed by atoms with E-state index in [2.05, 4.69) is 29.5 Å². The molecule has 0 spiro atoms. The number of ether oxygens (including phenoxy) is 2. The molecule has 0 fully saturated rings. The van der Waals surface area contributed by atoms with Crippen molar-refractivity contribution in [3.8, 4) is 0 Å². The Kier molecular flexibility index (Phi) is 13.3. The van der Waals surface area contributed by atoms with E-state index in [1.807, 2.05) is 0 Å². The first-order valence-electron chi connectivity index (χ1n) is 5.13. The molecule has 0 bridgehead atoms. The monoisotopic (exact) mass is 300 g/mol. The zero-order valence-corrected chi connectivity index (χ0v) is 10.7. The minimum Gasteiger partial charge on any atom is -0.381 e. The third-order valence-electron chi connectivity index (χ3n) is 1.65. The van der Waals surface area contributed by atoms with Crippen LogP contribution in [0.3, 0.4) is 0 Å². The number of rotatable bonds is 10. The molecule has 0 saturated carbocycles. The molecule has 0 aromatic heterocycles. The summed E-state index contributed by atoms with van der Waals surface area (Å²) in [5.41, 5.74) is 0. The third kappa shape index (κ3) is 12.6. The van der Waals surface area contributed by atoms with E-state index in [1.165, 1.54) is 19.3 Å². The zero-order chi connectivity index (χ0) is 9.78. The van der Waals surface area contributed by atoms with E-state index in [4.69, 9.17) is 9.47 Å². The lowest BCUT2D eigenvalue weighted by atomic mass is 10.2. The predicted octanol–water partition coefficient (Wildman–Crippen LogP) is 3.03. The highest BCUT2D eigenvalue weighted by Gasteiger charge is 1.90. The molecule has 0 aliphatic heterocycles. The Morgan fingerprint density at radius 3 is 2.00 bits per heavy atom. The van der Waals surface area contributed by atoms with Gasteiger partial charge in [0.05, 0.1) is 6.61 Å². The molecule has 0 saturated heterocycles. The van der Waals surface area contributed by atoms with Gasteiger partial charge in [-0.3, -0.25) is 0 Å². The molecule has 0 aromatic carbocycles. The fourth-order valence-electron chi connectivity index (χ4n) is 0.988. The fraction of sp³-hybridized carbons (Fsp3) is 1.00. The quantitative estimate of drug-likeness (QED) is 0.351. The smallest absolute Gasteiger partial charge is 0.0555 e. The van der Waals surface area contributed by atoms with Gasteiger partial charge in [0.1, 0.15) is 0 Å². The van der Waals surface area contributed by atoms with E-state index >= 15 is 0 Å². The van der Waals surface area contributed by atoms with Crippen molar-refractivity contribution in [2.24, 2.45) is 0 Å². The Bertz CT molecular complexity index is 79.0. The summed E-state index contributed by atoms with van der Waals surface area (Å²) >= 11 is 2.33. The number of alkyl halides is 1. The molecular weight excluding hydrogens is 279 g/mol. The van der Waals surface area contributed by atoms with Crippen LogP contribution in [-0.2, 0) is 9.47 Å². The van der Waals surface area contributed by atoms with Crippen LogP contribution in [0.15, 0.2) is 0 Å². The van der Waals surface area contributed by atoms with Gasteiger partial charge in [0, 0.05) is 24.2 Å². The largest absolute Gasteiger partial charge is 0.381 e. The second-order valence-corrected chi connectivity index (χ2v) is 4.05. The molecule has 13 heavy (non-hydrogen) atoms. The van der Waals surface area contributed by atoms with E-state index in [-0.39, 0.29) is 0 Å². The molecule has 0 aliphatic rings. The molecule has 2 nitrogen and oxygen atoms in total. The average molecular weight is 300 g/mol. The second kappa shape index (κ2) is 12.7. The summed E-state index contributed by atoms with van der Waals surface area (Å²) in [5.74, 6) is 0. The Labute approximate surface area is 95.5 Å². The second-order valence-electron chi connectivity index (χ2n) is 2.97. The van der Waals surface area contributed by atoms with Gasteiger partial charge in [0.15, 0.2) is 0 Å². The van der Waals surface area contributed by atoms with Crippen molar-refractivity contribution in [2.75, 3.05) is 30.9 Å². The molecule has 80 valence electrons. The van der Waals surface area contributed by atoms with Crippen molar-refractivity contribution in [1.29, 1.82) is 0 Å². The standard InChI is InChI=1S/C10H21IO2/c1-2-7-12-8-4-3-5-9-13-10-6-11/h2-10H2,1H3. The molecule has 0 aliphatic carbocycles. The lowest BCUT2D eigenvalue weighted by Crippen LogP contribution is -1.99. The Balaban J connectivity index is 2.76. The van der Waals surface area contributed by atoms with Crippen LogP contribution in [0.25, 0.3) is 0 Å². The molecule has 0 aromatic rings. The minimum atomic E-state index is 0.896. The molecule has 0 radical (unpaired) electrons. The highest BCUT2D eigenvalue weighted by atomic mass is 127. The average Bonchev–Trinajstić information content (AvgIpc) is 2.16. The summed E-state index contributed by atoms with van der Waals surface area (Å²) in [6, 6.07) is 0. The van der Waals surface area contributed by atoms with Gasteiger partial charge < -0.3 is 9.47 Å². The number of unbranched alkanes of at least 4 members (excludes halogenated alkanes) is 2. The summed E-state index contributed by atoms with van der Waals surface area (Å²) in [7, 11) is 0. The van der Waals surface area contributed by atoms with Crippen LogP contribution in [0.1, 0.15) is 32.6 Å². The molecule has 0 N–H and O–H groups in total. The van der Waals surface area contributed by atoms with Crippen LogP contribution in [-0.4, -0.2) is 30.9 Å². The van der Waals surface area contributed by atoms with E-state index < -0.39 is 0 Å². The van der Waals surface area contributed by atoms with Crippen molar-refractivity contribution < 1.29 is 9.47 Å². The van der Waals surface area contributed by atoms with Gasteiger partial charge in [0.25, 0.3) is 0 Å². The van der Waals surface area contributed by atoms with Gasteiger partial charge in [-0.2, -0.15) is 0 Å². The minimum absolute atomic E-state index is 0.896. The third-order valence-corrected chi connectivity index (χ3v) is 2.09. The highest BCUT2D eigenvalue weighted by molar-refractivity contribution is 14.1. The summed E-state index contributed by atoms with van der Waals surface area (Å²) < 4.78 is 11.8.